The Kier molecular flexibility index (Phi) is 4.63. The minimum Gasteiger partial charge on any atom is -0.507 e. The molecule has 23 heavy (non-hydrogen) atoms. The lowest BCUT2D eigenvalue weighted by Crippen LogP contribution is -2.34. The highest BCUT2D eigenvalue weighted by Gasteiger charge is 2.25. The van der Waals surface area contributed by atoms with Crippen LogP contribution in [0.3, 0.4) is 0 Å². The molecule has 0 spiro atoms. The zero-order chi connectivity index (χ0) is 16.2. The molecule has 0 amide bonds. The summed E-state index contributed by atoms with van der Waals surface area (Å²) in [6.45, 7) is 0. The lowest BCUT2D eigenvalue weighted by molar-refractivity contribution is 0.00677. The summed E-state index contributed by atoms with van der Waals surface area (Å²) in [4.78, 5) is 12.4. The van der Waals surface area contributed by atoms with Crippen LogP contribution in [0.25, 0.3) is 0 Å². The number of carbonyl (C=O) groups excluding carboxylic acids is 1. The largest absolute Gasteiger partial charge is 0.507 e. The first-order valence-electron chi connectivity index (χ1n) is 7.92. The number of phenols is 1. The van der Waals surface area contributed by atoms with Crippen molar-refractivity contribution in [1.82, 2.24) is 0 Å². The number of aliphatic hydroxyl groups excluding tert-OH is 1. The summed E-state index contributed by atoms with van der Waals surface area (Å²) in [6.07, 6.45) is 2.85. The van der Waals surface area contributed by atoms with Gasteiger partial charge in [0.2, 0.25) is 0 Å². The third-order valence-electron chi connectivity index (χ3n) is 4.20. The van der Waals surface area contributed by atoms with Crippen molar-refractivity contribution in [2.75, 3.05) is 0 Å². The van der Waals surface area contributed by atoms with Gasteiger partial charge in [-0.3, -0.25) is 4.79 Å². The van der Waals surface area contributed by atoms with Crippen molar-refractivity contribution in [3.05, 3.63) is 59.7 Å². The van der Waals surface area contributed by atoms with Gasteiger partial charge < -0.3 is 14.9 Å². The normalized spacial score (nSPS) is 20.9. The molecule has 1 saturated carbocycles. The van der Waals surface area contributed by atoms with E-state index in [0.717, 1.165) is 25.7 Å². The number of hydrogen-bond donors (Lipinski definition) is 2. The molecule has 3 rings (SSSR count). The van der Waals surface area contributed by atoms with Gasteiger partial charge >= 0.3 is 0 Å². The third kappa shape index (κ3) is 3.54. The number of aromatic hydroxyl groups is 1. The van der Waals surface area contributed by atoms with E-state index in [1.807, 2.05) is 6.07 Å². The first kappa shape index (κ1) is 15.6. The van der Waals surface area contributed by atoms with E-state index in [-0.39, 0.29) is 23.2 Å². The van der Waals surface area contributed by atoms with Gasteiger partial charge in [0.1, 0.15) is 17.6 Å². The van der Waals surface area contributed by atoms with Gasteiger partial charge in [-0.1, -0.05) is 36.8 Å². The molecule has 0 saturated heterocycles. The van der Waals surface area contributed by atoms with Crippen LogP contribution >= 0.6 is 0 Å². The Bertz CT molecular complexity index is 681. The lowest BCUT2D eigenvalue weighted by Gasteiger charge is -2.28. The van der Waals surface area contributed by atoms with E-state index in [2.05, 4.69) is 0 Å². The second-order valence-corrected chi connectivity index (χ2v) is 5.88. The summed E-state index contributed by atoms with van der Waals surface area (Å²) < 4.78 is 5.77. The van der Waals surface area contributed by atoms with Gasteiger partial charge in [0.25, 0.3) is 0 Å². The molecule has 0 heterocycles. The summed E-state index contributed by atoms with van der Waals surface area (Å²) in [7, 11) is 0. The number of ketones is 1. The Morgan fingerprint density at radius 2 is 1.78 bits per heavy atom. The topological polar surface area (TPSA) is 66.8 Å². The first-order valence-corrected chi connectivity index (χ1v) is 7.92. The van der Waals surface area contributed by atoms with Crippen molar-refractivity contribution in [3.63, 3.8) is 0 Å². The predicted molar refractivity (Wildman–Crippen MR) is 86.9 cm³/mol. The third-order valence-corrected chi connectivity index (χ3v) is 4.20. The minimum absolute atomic E-state index is 0.110. The fraction of sp³-hybridized carbons (Fsp3) is 0.316. The van der Waals surface area contributed by atoms with Crippen LogP contribution in [0.5, 0.6) is 11.5 Å². The predicted octanol–water partition coefficient (Wildman–Crippen LogP) is 3.31. The Morgan fingerprint density at radius 3 is 2.48 bits per heavy atom. The van der Waals surface area contributed by atoms with E-state index in [4.69, 9.17) is 4.74 Å². The van der Waals surface area contributed by atoms with Gasteiger partial charge in [0.15, 0.2) is 5.78 Å². The molecule has 4 heteroatoms. The van der Waals surface area contributed by atoms with Crippen LogP contribution in [0.15, 0.2) is 48.5 Å². The number of phenolic OH excluding ortho intramolecular Hbond substituents is 1. The maximum Gasteiger partial charge on any atom is 0.196 e. The lowest BCUT2D eigenvalue weighted by atomic mass is 9.95. The first-order chi connectivity index (χ1) is 11.1. The number of benzene rings is 2. The average Bonchev–Trinajstić information content (AvgIpc) is 2.57. The van der Waals surface area contributed by atoms with Crippen molar-refractivity contribution in [1.29, 1.82) is 0 Å². The molecule has 0 bridgehead atoms. The maximum atomic E-state index is 12.4. The van der Waals surface area contributed by atoms with Gasteiger partial charge in [-0.25, -0.2) is 0 Å². The Hall–Kier alpha value is -2.33. The molecule has 0 aromatic heterocycles. The van der Waals surface area contributed by atoms with Crippen LogP contribution in [0.1, 0.15) is 41.6 Å². The second kappa shape index (κ2) is 6.84. The van der Waals surface area contributed by atoms with Crippen LogP contribution in [0.2, 0.25) is 0 Å². The van der Waals surface area contributed by atoms with Crippen LogP contribution in [0, 0.1) is 0 Å². The van der Waals surface area contributed by atoms with E-state index >= 15 is 0 Å². The van der Waals surface area contributed by atoms with E-state index in [9.17, 15) is 15.0 Å². The van der Waals surface area contributed by atoms with Gasteiger partial charge in [-0.2, -0.15) is 0 Å². The molecule has 0 aliphatic heterocycles. The molecular weight excluding hydrogens is 292 g/mol. The Morgan fingerprint density at radius 1 is 1.04 bits per heavy atom. The molecule has 0 radical (unpaired) electrons. The summed E-state index contributed by atoms with van der Waals surface area (Å²) in [5, 5.41) is 20.1. The smallest absolute Gasteiger partial charge is 0.196 e. The van der Waals surface area contributed by atoms with Crippen LogP contribution in [-0.2, 0) is 0 Å². The number of aliphatic hydroxyl groups is 1. The zero-order valence-electron chi connectivity index (χ0n) is 12.8. The van der Waals surface area contributed by atoms with Crippen molar-refractivity contribution < 1.29 is 19.7 Å². The van der Waals surface area contributed by atoms with E-state index in [0.29, 0.717) is 11.3 Å². The van der Waals surface area contributed by atoms with E-state index in [1.54, 1.807) is 36.4 Å². The molecular formula is C19H20O4. The maximum absolute atomic E-state index is 12.4. The van der Waals surface area contributed by atoms with Crippen molar-refractivity contribution in [2.45, 2.75) is 37.9 Å². The highest BCUT2D eigenvalue weighted by Crippen LogP contribution is 2.29. The molecule has 2 unspecified atom stereocenters. The fourth-order valence-electron chi connectivity index (χ4n) is 2.91. The minimum atomic E-state index is -0.475. The molecule has 1 aliphatic rings. The molecule has 2 aromatic carbocycles. The molecule has 2 atom stereocenters. The number of ether oxygens (including phenoxy) is 1. The molecule has 2 N–H and O–H groups in total. The summed E-state index contributed by atoms with van der Waals surface area (Å²) in [5.74, 6) is 0.132. The van der Waals surface area contributed by atoms with Gasteiger partial charge in [-0.05, 0) is 31.4 Å². The van der Waals surface area contributed by atoms with Crippen LogP contribution < -0.4 is 4.74 Å². The van der Waals surface area contributed by atoms with Crippen molar-refractivity contribution in [3.8, 4) is 11.5 Å². The summed E-state index contributed by atoms with van der Waals surface area (Å²) >= 11 is 0. The van der Waals surface area contributed by atoms with Crippen molar-refractivity contribution >= 4 is 5.78 Å². The average molecular weight is 312 g/mol. The molecule has 1 aliphatic carbocycles. The van der Waals surface area contributed by atoms with Crippen LogP contribution in [-0.4, -0.2) is 28.2 Å². The fourth-order valence-corrected chi connectivity index (χ4v) is 2.91. The monoisotopic (exact) mass is 312 g/mol. The van der Waals surface area contributed by atoms with E-state index < -0.39 is 6.10 Å². The Labute approximate surface area is 135 Å². The Balaban J connectivity index is 1.77. The van der Waals surface area contributed by atoms with Crippen LogP contribution in [0.4, 0.5) is 0 Å². The molecule has 2 aromatic rings. The molecule has 4 nitrogen and oxygen atoms in total. The molecule has 1 fully saturated rings. The zero-order valence-corrected chi connectivity index (χ0v) is 12.8. The highest BCUT2D eigenvalue weighted by atomic mass is 16.5. The summed E-state index contributed by atoms with van der Waals surface area (Å²) in [5.41, 5.74) is 0.770. The standard InChI is InChI=1S/C19H20O4/c20-16-8-4-5-9-18(16)23-14-10-11-15(17(21)12-14)19(22)13-6-2-1-3-7-13/h1-3,6-7,10-12,16,18,20-21H,4-5,8-9H2. The summed E-state index contributed by atoms with van der Waals surface area (Å²) in [6, 6.07) is 13.5. The quantitative estimate of drug-likeness (QED) is 0.850. The number of carbonyl (C=O) groups is 1. The number of rotatable bonds is 4. The van der Waals surface area contributed by atoms with Gasteiger partial charge in [-0.15, -0.1) is 0 Å². The highest BCUT2D eigenvalue weighted by molar-refractivity contribution is 6.10. The van der Waals surface area contributed by atoms with Crippen molar-refractivity contribution in [2.24, 2.45) is 0 Å². The molecule has 120 valence electrons. The van der Waals surface area contributed by atoms with Gasteiger partial charge in [0.05, 0.1) is 11.7 Å². The number of hydrogen-bond acceptors (Lipinski definition) is 4. The second-order valence-electron chi connectivity index (χ2n) is 5.88. The van der Waals surface area contributed by atoms with Gasteiger partial charge in [0, 0.05) is 11.6 Å². The SMILES string of the molecule is O=C(c1ccccc1)c1ccc(OC2CCCCC2O)cc1O. The van der Waals surface area contributed by atoms with E-state index in [1.165, 1.54) is 6.07 Å².